The van der Waals surface area contributed by atoms with E-state index in [9.17, 15) is 13.6 Å². The second-order valence-electron chi connectivity index (χ2n) is 3.96. The van der Waals surface area contributed by atoms with Gasteiger partial charge in [0, 0.05) is 31.6 Å². The van der Waals surface area contributed by atoms with Gasteiger partial charge < -0.3 is 15.4 Å². The summed E-state index contributed by atoms with van der Waals surface area (Å²) in [6.45, 7) is 2.53. The van der Waals surface area contributed by atoms with Crippen molar-refractivity contribution in [2.45, 2.75) is 4.90 Å². The Balaban J connectivity index is 2.15. The number of hydrogen-bond donors (Lipinski definition) is 2. The standard InChI is InChI=1S/C13H18F2N2O2S/c1-19-7-6-16-4-5-17-13(18)9-20-10-2-3-11(14)12(15)8-10/h2-3,8,16H,4-7,9H2,1H3,(H,17,18). The van der Waals surface area contributed by atoms with Crippen LogP contribution >= 0.6 is 11.8 Å². The van der Waals surface area contributed by atoms with Crippen LogP contribution in [0.15, 0.2) is 23.1 Å². The van der Waals surface area contributed by atoms with E-state index in [0.29, 0.717) is 24.6 Å². The van der Waals surface area contributed by atoms with E-state index in [1.165, 1.54) is 6.07 Å². The third-order valence-electron chi connectivity index (χ3n) is 2.37. The van der Waals surface area contributed by atoms with Crippen LogP contribution < -0.4 is 10.6 Å². The van der Waals surface area contributed by atoms with Crippen LogP contribution in [0.4, 0.5) is 8.78 Å². The van der Waals surface area contributed by atoms with Crippen molar-refractivity contribution in [3.8, 4) is 0 Å². The van der Waals surface area contributed by atoms with Gasteiger partial charge in [-0.2, -0.15) is 0 Å². The molecule has 1 aromatic rings. The average Bonchev–Trinajstić information content (AvgIpc) is 2.44. The molecule has 0 bridgehead atoms. The Labute approximate surface area is 121 Å². The summed E-state index contributed by atoms with van der Waals surface area (Å²) in [6, 6.07) is 3.58. The van der Waals surface area contributed by atoms with Crippen LogP contribution in [-0.4, -0.2) is 45.0 Å². The van der Waals surface area contributed by atoms with Crippen molar-refractivity contribution in [3.05, 3.63) is 29.8 Å². The summed E-state index contributed by atoms with van der Waals surface area (Å²) in [5, 5.41) is 5.82. The van der Waals surface area contributed by atoms with E-state index < -0.39 is 11.6 Å². The molecule has 1 aromatic carbocycles. The highest BCUT2D eigenvalue weighted by Crippen LogP contribution is 2.19. The fourth-order valence-corrected chi connectivity index (χ4v) is 2.11. The van der Waals surface area contributed by atoms with Crippen molar-refractivity contribution in [1.29, 1.82) is 0 Å². The first-order chi connectivity index (χ1) is 9.63. The first-order valence-electron chi connectivity index (χ1n) is 6.17. The molecule has 0 saturated carbocycles. The Kier molecular flexibility index (Phi) is 8.17. The van der Waals surface area contributed by atoms with Gasteiger partial charge in [0.1, 0.15) is 0 Å². The molecule has 0 spiro atoms. The molecule has 0 atom stereocenters. The molecule has 7 heteroatoms. The second kappa shape index (κ2) is 9.68. The Bertz CT molecular complexity index is 433. The van der Waals surface area contributed by atoms with Crippen LogP contribution in [0.2, 0.25) is 0 Å². The maximum Gasteiger partial charge on any atom is 0.230 e. The molecule has 0 aliphatic rings. The number of nitrogens with one attached hydrogen (secondary N) is 2. The topological polar surface area (TPSA) is 50.4 Å². The predicted octanol–water partition coefficient (Wildman–Crippen LogP) is 1.41. The van der Waals surface area contributed by atoms with Gasteiger partial charge in [-0.05, 0) is 18.2 Å². The number of ether oxygens (including phenoxy) is 1. The van der Waals surface area contributed by atoms with Crippen molar-refractivity contribution in [2.24, 2.45) is 0 Å². The maximum absolute atomic E-state index is 12.9. The molecule has 1 rings (SSSR count). The van der Waals surface area contributed by atoms with Gasteiger partial charge in [-0.15, -0.1) is 11.8 Å². The van der Waals surface area contributed by atoms with E-state index in [4.69, 9.17) is 4.74 Å². The van der Waals surface area contributed by atoms with Crippen LogP contribution in [0.5, 0.6) is 0 Å². The maximum atomic E-state index is 12.9. The highest BCUT2D eigenvalue weighted by atomic mass is 32.2. The molecular formula is C13H18F2N2O2S. The molecule has 0 unspecified atom stereocenters. The van der Waals surface area contributed by atoms with E-state index in [-0.39, 0.29) is 11.7 Å². The Morgan fingerprint density at radius 2 is 2.05 bits per heavy atom. The SMILES string of the molecule is COCCNCCNC(=O)CSc1ccc(F)c(F)c1. The normalized spacial score (nSPS) is 10.6. The van der Waals surface area contributed by atoms with Crippen LogP contribution in [0.25, 0.3) is 0 Å². The van der Waals surface area contributed by atoms with Gasteiger partial charge in [-0.3, -0.25) is 4.79 Å². The number of thioether (sulfide) groups is 1. The third-order valence-corrected chi connectivity index (χ3v) is 3.36. The summed E-state index contributed by atoms with van der Waals surface area (Å²) in [7, 11) is 1.62. The van der Waals surface area contributed by atoms with Gasteiger partial charge in [0.05, 0.1) is 12.4 Å². The van der Waals surface area contributed by atoms with Crippen LogP contribution in [0, 0.1) is 11.6 Å². The van der Waals surface area contributed by atoms with Crippen molar-refractivity contribution in [1.82, 2.24) is 10.6 Å². The summed E-state index contributed by atoms with van der Waals surface area (Å²) >= 11 is 1.16. The summed E-state index contributed by atoms with van der Waals surface area (Å²) < 4.78 is 30.5. The number of hydrogen-bond acceptors (Lipinski definition) is 4. The molecule has 112 valence electrons. The summed E-state index contributed by atoms with van der Waals surface area (Å²) in [6.07, 6.45) is 0. The molecule has 0 fully saturated rings. The second-order valence-corrected chi connectivity index (χ2v) is 5.01. The quantitative estimate of drug-likeness (QED) is 0.535. The van der Waals surface area contributed by atoms with Crippen molar-refractivity contribution >= 4 is 17.7 Å². The smallest absolute Gasteiger partial charge is 0.230 e. The minimum absolute atomic E-state index is 0.145. The minimum atomic E-state index is -0.905. The first-order valence-corrected chi connectivity index (χ1v) is 7.16. The number of methoxy groups -OCH3 is 1. The Morgan fingerprint density at radius 1 is 1.25 bits per heavy atom. The molecule has 20 heavy (non-hydrogen) atoms. The van der Waals surface area contributed by atoms with E-state index in [0.717, 1.165) is 30.4 Å². The van der Waals surface area contributed by atoms with Crippen LogP contribution in [0.1, 0.15) is 0 Å². The van der Waals surface area contributed by atoms with E-state index in [1.54, 1.807) is 7.11 Å². The van der Waals surface area contributed by atoms with Gasteiger partial charge in [0.2, 0.25) is 5.91 Å². The summed E-state index contributed by atoms with van der Waals surface area (Å²) in [5.41, 5.74) is 0. The molecule has 0 aromatic heterocycles. The van der Waals surface area contributed by atoms with Crippen molar-refractivity contribution in [2.75, 3.05) is 39.1 Å². The van der Waals surface area contributed by atoms with Crippen molar-refractivity contribution in [3.63, 3.8) is 0 Å². The number of carbonyl (C=O) groups is 1. The number of rotatable bonds is 9. The van der Waals surface area contributed by atoms with Gasteiger partial charge in [-0.25, -0.2) is 8.78 Å². The summed E-state index contributed by atoms with van der Waals surface area (Å²) in [5.74, 6) is -1.77. The lowest BCUT2D eigenvalue weighted by Gasteiger charge is -2.06. The lowest BCUT2D eigenvalue weighted by molar-refractivity contribution is -0.118. The highest BCUT2D eigenvalue weighted by Gasteiger charge is 2.05. The first kappa shape index (κ1) is 16.9. The molecule has 0 radical (unpaired) electrons. The predicted molar refractivity (Wildman–Crippen MR) is 74.8 cm³/mol. The zero-order valence-corrected chi connectivity index (χ0v) is 12.1. The molecule has 0 aliphatic heterocycles. The van der Waals surface area contributed by atoms with Gasteiger partial charge in [-0.1, -0.05) is 0 Å². The van der Waals surface area contributed by atoms with Gasteiger partial charge in [0.25, 0.3) is 0 Å². The van der Waals surface area contributed by atoms with Crippen molar-refractivity contribution < 1.29 is 18.3 Å². The molecule has 0 saturated heterocycles. The third kappa shape index (κ3) is 6.83. The lowest BCUT2D eigenvalue weighted by Crippen LogP contribution is -2.33. The highest BCUT2D eigenvalue weighted by molar-refractivity contribution is 8.00. The van der Waals surface area contributed by atoms with Gasteiger partial charge in [0.15, 0.2) is 11.6 Å². The average molecular weight is 304 g/mol. The molecule has 1 amide bonds. The zero-order valence-electron chi connectivity index (χ0n) is 11.2. The van der Waals surface area contributed by atoms with Crippen LogP contribution in [0.3, 0.4) is 0 Å². The number of benzene rings is 1. The summed E-state index contributed by atoms with van der Waals surface area (Å²) in [4.78, 5) is 12.0. The minimum Gasteiger partial charge on any atom is -0.383 e. The Hall–Kier alpha value is -1.18. The fourth-order valence-electron chi connectivity index (χ4n) is 1.36. The Morgan fingerprint density at radius 3 is 2.75 bits per heavy atom. The molecule has 4 nitrogen and oxygen atoms in total. The number of carbonyl (C=O) groups excluding carboxylic acids is 1. The number of amides is 1. The molecule has 2 N–H and O–H groups in total. The largest absolute Gasteiger partial charge is 0.383 e. The number of halogens is 2. The van der Waals surface area contributed by atoms with E-state index in [1.807, 2.05) is 0 Å². The molecular weight excluding hydrogens is 286 g/mol. The monoisotopic (exact) mass is 304 g/mol. The molecule has 0 heterocycles. The van der Waals surface area contributed by atoms with E-state index in [2.05, 4.69) is 10.6 Å². The fraction of sp³-hybridized carbons (Fsp3) is 0.462. The van der Waals surface area contributed by atoms with Gasteiger partial charge >= 0.3 is 0 Å². The molecule has 0 aliphatic carbocycles. The lowest BCUT2D eigenvalue weighted by atomic mass is 10.3. The zero-order chi connectivity index (χ0) is 14.8. The van der Waals surface area contributed by atoms with Crippen LogP contribution in [-0.2, 0) is 9.53 Å². The van der Waals surface area contributed by atoms with E-state index >= 15 is 0 Å².